The van der Waals surface area contributed by atoms with E-state index in [1.165, 1.54) is 0 Å². The Bertz CT molecular complexity index is 164. The summed E-state index contributed by atoms with van der Waals surface area (Å²) in [4.78, 5) is 0. The Balaban J connectivity index is 2.31. The molecule has 0 bridgehead atoms. The highest BCUT2D eigenvalue weighted by atomic mass is 16.7. The van der Waals surface area contributed by atoms with E-state index in [9.17, 15) is 10.2 Å². The van der Waals surface area contributed by atoms with Crippen LogP contribution in [0, 0.1) is 0 Å². The summed E-state index contributed by atoms with van der Waals surface area (Å²) in [5, 5.41) is 36.2. The number of ether oxygens (including phenoxy) is 2. The number of aliphatic hydroxyl groups excluding tert-OH is 4. The van der Waals surface area contributed by atoms with E-state index < -0.39 is 24.6 Å². The predicted octanol–water partition coefficient (Wildman–Crippen LogP) is -2.18. The van der Waals surface area contributed by atoms with E-state index >= 15 is 0 Å². The van der Waals surface area contributed by atoms with Crippen molar-refractivity contribution in [2.24, 2.45) is 0 Å². The average Bonchev–Trinajstić information content (AvgIpc) is 2.18. The molecule has 0 saturated carbocycles. The average molecular weight is 208 g/mol. The van der Waals surface area contributed by atoms with Crippen molar-refractivity contribution in [2.45, 2.75) is 31.0 Å². The van der Waals surface area contributed by atoms with Gasteiger partial charge in [0, 0.05) is 6.61 Å². The van der Waals surface area contributed by atoms with Crippen molar-refractivity contribution in [3.8, 4) is 0 Å². The first-order chi connectivity index (χ1) is 6.66. The van der Waals surface area contributed by atoms with E-state index in [1.807, 2.05) is 0 Å². The van der Waals surface area contributed by atoms with Gasteiger partial charge in [-0.15, -0.1) is 0 Å². The Kier molecular flexibility index (Phi) is 4.73. The van der Waals surface area contributed by atoms with Gasteiger partial charge in [-0.1, -0.05) is 0 Å². The second-order valence-electron chi connectivity index (χ2n) is 3.20. The monoisotopic (exact) mass is 208 g/mol. The number of rotatable bonds is 4. The highest BCUT2D eigenvalue weighted by molar-refractivity contribution is 4.82. The van der Waals surface area contributed by atoms with Crippen LogP contribution >= 0.6 is 0 Å². The smallest absolute Gasteiger partial charge is 0.186 e. The van der Waals surface area contributed by atoms with Gasteiger partial charge in [-0.05, 0) is 6.42 Å². The molecule has 0 radical (unpaired) electrons. The van der Waals surface area contributed by atoms with E-state index in [0.29, 0.717) is 6.42 Å². The highest BCUT2D eigenvalue weighted by Crippen LogP contribution is 2.16. The predicted molar refractivity (Wildman–Crippen MR) is 45.4 cm³/mol. The van der Waals surface area contributed by atoms with Gasteiger partial charge in [-0.2, -0.15) is 0 Å². The Hall–Kier alpha value is -0.240. The summed E-state index contributed by atoms with van der Waals surface area (Å²) in [6.45, 7) is 0.164. The molecule has 4 atom stereocenters. The van der Waals surface area contributed by atoms with Gasteiger partial charge in [-0.25, -0.2) is 0 Å². The fourth-order valence-electron chi connectivity index (χ4n) is 1.19. The first-order valence-electron chi connectivity index (χ1n) is 4.55. The lowest BCUT2D eigenvalue weighted by Gasteiger charge is -2.34. The quantitative estimate of drug-likeness (QED) is 0.392. The molecule has 1 aliphatic rings. The molecule has 0 amide bonds. The van der Waals surface area contributed by atoms with Gasteiger partial charge in [0.2, 0.25) is 0 Å². The minimum absolute atomic E-state index is 0.00596. The number of hydrogen-bond acceptors (Lipinski definition) is 6. The fraction of sp³-hybridized carbons (Fsp3) is 1.00. The van der Waals surface area contributed by atoms with Gasteiger partial charge in [0.25, 0.3) is 0 Å². The summed E-state index contributed by atoms with van der Waals surface area (Å²) in [6.07, 6.45) is -4.08. The molecular formula is C8H16O6. The minimum atomic E-state index is -1.25. The molecule has 1 saturated heterocycles. The Morgan fingerprint density at radius 1 is 1.21 bits per heavy atom. The molecule has 6 heteroatoms. The lowest BCUT2D eigenvalue weighted by Crippen LogP contribution is -2.53. The van der Waals surface area contributed by atoms with Crippen LogP contribution in [0.25, 0.3) is 0 Å². The second-order valence-corrected chi connectivity index (χ2v) is 3.20. The molecular weight excluding hydrogens is 192 g/mol. The van der Waals surface area contributed by atoms with Gasteiger partial charge < -0.3 is 29.9 Å². The van der Waals surface area contributed by atoms with Crippen molar-refractivity contribution in [1.29, 1.82) is 0 Å². The zero-order valence-electron chi connectivity index (χ0n) is 7.74. The lowest BCUT2D eigenvalue weighted by atomic mass is 10.1. The van der Waals surface area contributed by atoms with Crippen molar-refractivity contribution in [3.63, 3.8) is 0 Å². The van der Waals surface area contributed by atoms with E-state index in [-0.39, 0.29) is 19.8 Å². The number of aliphatic hydroxyl groups is 4. The van der Waals surface area contributed by atoms with Crippen LogP contribution in [0.1, 0.15) is 6.42 Å². The van der Waals surface area contributed by atoms with Gasteiger partial charge in [0.15, 0.2) is 6.29 Å². The molecule has 4 unspecified atom stereocenters. The molecule has 1 aliphatic heterocycles. The van der Waals surface area contributed by atoms with Gasteiger partial charge in [-0.3, -0.25) is 0 Å². The Morgan fingerprint density at radius 3 is 2.57 bits per heavy atom. The summed E-state index contributed by atoms with van der Waals surface area (Å²) in [7, 11) is 0. The fourth-order valence-corrected chi connectivity index (χ4v) is 1.19. The maximum absolute atomic E-state index is 9.38. The van der Waals surface area contributed by atoms with Gasteiger partial charge >= 0.3 is 0 Å². The summed E-state index contributed by atoms with van der Waals surface area (Å²) < 4.78 is 10.0. The maximum Gasteiger partial charge on any atom is 0.186 e. The Morgan fingerprint density at radius 2 is 1.93 bits per heavy atom. The maximum atomic E-state index is 9.38. The van der Waals surface area contributed by atoms with Crippen LogP contribution in [0.4, 0.5) is 0 Å². The van der Waals surface area contributed by atoms with Crippen LogP contribution in [0.15, 0.2) is 0 Å². The van der Waals surface area contributed by atoms with Crippen molar-refractivity contribution < 1.29 is 29.9 Å². The molecule has 0 spiro atoms. The van der Waals surface area contributed by atoms with Crippen molar-refractivity contribution in [3.05, 3.63) is 0 Å². The Labute approximate surface area is 81.7 Å². The summed E-state index contributed by atoms with van der Waals surface area (Å²) in [5.74, 6) is 0. The topological polar surface area (TPSA) is 99.4 Å². The molecule has 1 heterocycles. The normalized spacial score (nSPS) is 38.6. The third-order valence-corrected chi connectivity index (χ3v) is 2.04. The van der Waals surface area contributed by atoms with Crippen molar-refractivity contribution >= 4 is 0 Å². The SMILES string of the molecule is OCCCOC1OCC(O)C(O)C1O. The van der Waals surface area contributed by atoms with Crippen molar-refractivity contribution in [2.75, 3.05) is 19.8 Å². The van der Waals surface area contributed by atoms with E-state index in [2.05, 4.69) is 0 Å². The van der Waals surface area contributed by atoms with Crippen LogP contribution in [-0.4, -0.2) is 64.8 Å². The van der Waals surface area contributed by atoms with Crippen LogP contribution in [0.3, 0.4) is 0 Å². The first-order valence-corrected chi connectivity index (χ1v) is 4.55. The summed E-state index contributed by atoms with van der Waals surface area (Å²) >= 11 is 0. The molecule has 0 aromatic carbocycles. The van der Waals surface area contributed by atoms with Crippen LogP contribution < -0.4 is 0 Å². The van der Waals surface area contributed by atoms with Crippen LogP contribution in [0.2, 0.25) is 0 Å². The van der Waals surface area contributed by atoms with E-state index in [1.54, 1.807) is 0 Å². The molecule has 1 rings (SSSR count). The third kappa shape index (κ3) is 2.88. The zero-order valence-corrected chi connectivity index (χ0v) is 7.74. The van der Waals surface area contributed by atoms with Crippen LogP contribution in [0.5, 0.6) is 0 Å². The lowest BCUT2D eigenvalue weighted by molar-refractivity contribution is -0.270. The van der Waals surface area contributed by atoms with Crippen molar-refractivity contribution in [1.82, 2.24) is 0 Å². The largest absolute Gasteiger partial charge is 0.396 e. The molecule has 4 N–H and O–H groups in total. The first kappa shape index (κ1) is 11.8. The zero-order chi connectivity index (χ0) is 10.6. The molecule has 84 valence electrons. The minimum Gasteiger partial charge on any atom is -0.396 e. The molecule has 0 aromatic rings. The molecule has 0 aromatic heterocycles. The van der Waals surface area contributed by atoms with Crippen LogP contribution in [-0.2, 0) is 9.47 Å². The second kappa shape index (κ2) is 5.59. The number of hydrogen-bond donors (Lipinski definition) is 4. The summed E-state index contributed by atoms with van der Waals surface area (Å²) in [5.41, 5.74) is 0. The van der Waals surface area contributed by atoms with E-state index in [4.69, 9.17) is 19.7 Å². The van der Waals surface area contributed by atoms with Gasteiger partial charge in [0.1, 0.15) is 18.3 Å². The van der Waals surface area contributed by atoms with E-state index in [0.717, 1.165) is 0 Å². The third-order valence-electron chi connectivity index (χ3n) is 2.04. The molecule has 14 heavy (non-hydrogen) atoms. The summed E-state index contributed by atoms with van der Waals surface area (Å²) in [6, 6.07) is 0. The molecule has 0 aliphatic carbocycles. The standard InChI is InChI=1S/C8H16O6/c9-2-1-3-13-8-7(12)6(11)5(10)4-14-8/h5-12H,1-4H2. The molecule has 1 fully saturated rings. The van der Waals surface area contributed by atoms with Gasteiger partial charge in [0.05, 0.1) is 13.2 Å². The highest BCUT2D eigenvalue weighted by Gasteiger charge is 2.37. The molecule has 6 nitrogen and oxygen atoms in total.